The normalized spacial score (nSPS) is 15.5. The van der Waals surface area contributed by atoms with Gasteiger partial charge in [0.1, 0.15) is 9.81 Å². The molecule has 2 aliphatic carbocycles. The monoisotopic (exact) mass is 923 g/mol. The number of aryl methyl sites for hydroxylation is 2. The van der Waals surface area contributed by atoms with Crippen molar-refractivity contribution in [1.29, 1.82) is 0 Å². The molecule has 2 aliphatic rings. The topological polar surface area (TPSA) is 342 Å². The largest absolute Gasteiger partial charge is 1.00 e. The third-order valence-corrected chi connectivity index (χ3v) is 12.1. The van der Waals surface area contributed by atoms with Crippen molar-refractivity contribution in [3.8, 4) is 0 Å². The SMILES string of the molecule is Cc1cc(S(=O)(=O)O)ccc1N/N=C1/C(=O)c2ccc(NC(=O)Nc3ccc4c(c3)C=C(S(=O)(=O)O)/C(=N\Nc3ccc(S(=O)(=O)O)cc3C)C4=O)cc2C=C1S(=O)(=O)O.[Na+]. The van der Waals surface area contributed by atoms with Crippen LogP contribution in [0.15, 0.2) is 103 Å². The molecule has 0 radical (unpaired) electrons. The van der Waals surface area contributed by atoms with E-state index in [1.807, 2.05) is 0 Å². The van der Waals surface area contributed by atoms with E-state index in [1.54, 1.807) is 0 Å². The molecule has 0 atom stereocenters. The maximum atomic E-state index is 13.4. The predicted molar refractivity (Wildman–Crippen MR) is 217 cm³/mol. The Labute approximate surface area is 369 Å². The molecule has 6 rings (SSSR count). The minimum atomic E-state index is -5.08. The van der Waals surface area contributed by atoms with Gasteiger partial charge in [-0.25, -0.2) is 4.79 Å². The van der Waals surface area contributed by atoms with Crippen molar-refractivity contribution in [3.05, 3.63) is 116 Å². The van der Waals surface area contributed by atoms with Gasteiger partial charge in [-0.1, -0.05) is 0 Å². The molecule has 0 saturated carbocycles. The molecule has 312 valence electrons. The molecule has 0 aliphatic heterocycles. The molecular weight excluding hydrogens is 896 g/mol. The smallest absolute Gasteiger partial charge is 0.308 e. The first-order valence-corrected chi connectivity index (χ1v) is 22.3. The first kappa shape index (κ1) is 46.6. The fourth-order valence-electron chi connectivity index (χ4n) is 5.81. The van der Waals surface area contributed by atoms with Gasteiger partial charge in [-0.3, -0.25) is 38.7 Å². The van der Waals surface area contributed by atoms with Crippen molar-refractivity contribution < 1.29 is 95.8 Å². The van der Waals surface area contributed by atoms with Crippen LogP contribution in [-0.2, 0) is 40.5 Å². The number of nitrogens with zero attached hydrogens (tertiary/aromatic N) is 2. The van der Waals surface area contributed by atoms with Crippen LogP contribution in [-0.4, -0.2) is 80.9 Å². The Morgan fingerprint density at radius 2 is 0.885 bits per heavy atom. The second-order valence-electron chi connectivity index (χ2n) is 12.9. The van der Waals surface area contributed by atoms with Gasteiger partial charge in [-0.2, -0.15) is 43.9 Å². The van der Waals surface area contributed by atoms with E-state index in [1.165, 1.54) is 62.4 Å². The van der Waals surface area contributed by atoms with Gasteiger partial charge in [0.2, 0.25) is 11.6 Å². The summed E-state index contributed by atoms with van der Waals surface area (Å²) in [7, 11) is -19.2. The van der Waals surface area contributed by atoms with Crippen molar-refractivity contribution in [1.82, 2.24) is 0 Å². The number of fused-ring (bicyclic) bond motifs is 2. The van der Waals surface area contributed by atoms with E-state index in [2.05, 4.69) is 31.7 Å². The number of amides is 2. The summed E-state index contributed by atoms with van der Waals surface area (Å²) in [5.74, 6) is -1.91. The molecule has 4 aromatic carbocycles. The number of nitrogens with one attached hydrogen (secondary N) is 4. The third-order valence-electron chi connectivity index (χ3n) is 8.70. The molecule has 61 heavy (non-hydrogen) atoms. The zero-order valence-electron chi connectivity index (χ0n) is 31.4. The van der Waals surface area contributed by atoms with E-state index < -0.39 is 89.1 Å². The van der Waals surface area contributed by atoms with Crippen molar-refractivity contribution in [2.45, 2.75) is 23.6 Å². The number of Topliss-reactive ketones (excluding diaryl/α,β-unsaturated/α-hetero) is 2. The van der Waals surface area contributed by atoms with Crippen LogP contribution in [0.2, 0.25) is 0 Å². The number of hydrogen-bond acceptors (Lipinski definition) is 15. The van der Waals surface area contributed by atoms with Crippen molar-refractivity contribution >= 4 is 104 Å². The van der Waals surface area contributed by atoms with Gasteiger partial charge in [-0.15, -0.1) is 0 Å². The van der Waals surface area contributed by atoms with Crippen LogP contribution in [0.25, 0.3) is 12.2 Å². The fourth-order valence-corrected chi connectivity index (χ4v) is 8.25. The standard InChI is InChI=1S/C35H28N6O15S4.Na/c1-17-11-23(57(45,46)47)5-9-27(17)38-40-31-29(59(51,52)53)15-19-13-21(3-7-25(19)33(31)42)36-35(44)37-22-4-8-26-20(14-22)16-30(60(54,55)56)32(34(26)43)41-39-28-10-6-24(12-18(28)2)58(48,49)50;/h3-16,38-39H,1-2H3,(H2,36,37,44)(H,45,46,47)(H,48,49,50)(H,51,52,53)(H,54,55,56);/q;+1/b40-31+,41-32+;. The molecule has 0 aromatic heterocycles. The Bertz CT molecular complexity index is 2970. The maximum absolute atomic E-state index is 13.4. The van der Waals surface area contributed by atoms with Crippen LogP contribution in [0.1, 0.15) is 43.0 Å². The van der Waals surface area contributed by atoms with Crippen LogP contribution in [0.3, 0.4) is 0 Å². The third kappa shape index (κ3) is 10.4. The van der Waals surface area contributed by atoms with Crippen LogP contribution >= 0.6 is 0 Å². The Morgan fingerprint density at radius 3 is 1.20 bits per heavy atom. The Hall–Kier alpha value is -5.45. The number of hydrazone groups is 2. The van der Waals surface area contributed by atoms with Gasteiger partial charge < -0.3 is 10.6 Å². The number of anilines is 4. The van der Waals surface area contributed by atoms with Gasteiger partial charge >= 0.3 is 35.6 Å². The van der Waals surface area contributed by atoms with Crippen molar-refractivity contribution in [2.24, 2.45) is 10.2 Å². The second-order valence-corrected chi connectivity index (χ2v) is 18.5. The van der Waals surface area contributed by atoms with E-state index in [4.69, 9.17) is 0 Å². The summed E-state index contributed by atoms with van der Waals surface area (Å²) in [4.78, 5) is 37.2. The van der Waals surface area contributed by atoms with E-state index in [9.17, 15) is 66.3 Å². The van der Waals surface area contributed by atoms with E-state index in [-0.39, 0.29) is 85.7 Å². The van der Waals surface area contributed by atoms with Crippen molar-refractivity contribution in [2.75, 3.05) is 21.5 Å². The number of urea groups is 1. The van der Waals surface area contributed by atoms with Crippen molar-refractivity contribution in [3.63, 3.8) is 0 Å². The fraction of sp³-hybridized carbons (Fsp3) is 0.0571. The quantitative estimate of drug-likeness (QED) is 0.0630. The maximum Gasteiger partial charge on any atom is 1.00 e. The predicted octanol–water partition coefficient (Wildman–Crippen LogP) is 1.23. The van der Waals surface area contributed by atoms with Crippen LogP contribution in [0.4, 0.5) is 27.5 Å². The Balaban J connectivity index is 0.00000704. The first-order valence-electron chi connectivity index (χ1n) is 16.5. The van der Waals surface area contributed by atoms with E-state index >= 15 is 0 Å². The molecule has 0 spiro atoms. The molecule has 21 nitrogen and oxygen atoms in total. The summed E-state index contributed by atoms with van der Waals surface area (Å²) in [6.07, 6.45) is 1.86. The van der Waals surface area contributed by atoms with Gasteiger partial charge in [0.25, 0.3) is 40.5 Å². The summed E-state index contributed by atoms with van der Waals surface area (Å²) < 4.78 is 134. The molecule has 2 amide bonds. The number of benzene rings is 4. The molecule has 0 bridgehead atoms. The average molecular weight is 924 g/mol. The number of hydrogen-bond donors (Lipinski definition) is 8. The summed E-state index contributed by atoms with van der Waals surface area (Å²) in [5, 5.41) is 12.6. The number of carbonyl (C=O) groups excluding carboxylic acids is 3. The molecule has 26 heteroatoms. The summed E-state index contributed by atoms with van der Waals surface area (Å²) in [5.41, 5.74) is 3.96. The number of allylic oxidation sites excluding steroid dienone is 2. The molecule has 4 aromatic rings. The molecule has 8 N–H and O–H groups in total. The summed E-state index contributed by atoms with van der Waals surface area (Å²) in [6.45, 7) is 2.89. The van der Waals surface area contributed by atoms with Gasteiger partial charge in [0.05, 0.1) is 21.2 Å². The van der Waals surface area contributed by atoms with E-state index in [0.29, 0.717) is 0 Å². The number of rotatable bonds is 10. The van der Waals surface area contributed by atoms with Crippen LogP contribution in [0.5, 0.6) is 0 Å². The summed E-state index contributed by atoms with van der Waals surface area (Å²) in [6, 6.07) is 13.2. The van der Waals surface area contributed by atoms with Gasteiger partial charge in [0, 0.05) is 22.5 Å². The average Bonchev–Trinajstić information content (AvgIpc) is 3.13. The minimum Gasteiger partial charge on any atom is -0.308 e. The molecule has 0 saturated heterocycles. The number of ketones is 2. The van der Waals surface area contributed by atoms with Crippen LogP contribution < -0.4 is 51.0 Å². The van der Waals surface area contributed by atoms with Gasteiger partial charge in [-0.05, 0) is 121 Å². The summed E-state index contributed by atoms with van der Waals surface area (Å²) >= 11 is 0. The second kappa shape index (κ2) is 17.1. The van der Waals surface area contributed by atoms with Crippen LogP contribution in [0, 0.1) is 13.8 Å². The molecule has 0 fully saturated rings. The zero-order valence-corrected chi connectivity index (χ0v) is 36.7. The molecular formula is C35H28N6NaO15S4+. The first-order chi connectivity index (χ1) is 27.8. The minimum absolute atomic E-state index is 0. The molecule has 0 heterocycles. The Morgan fingerprint density at radius 1 is 0.525 bits per heavy atom. The molecule has 0 unspecified atom stereocenters. The Kier molecular flexibility index (Phi) is 13.1. The zero-order chi connectivity index (χ0) is 44.1. The van der Waals surface area contributed by atoms with E-state index in [0.717, 1.165) is 36.4 Å². The van der Waals surface area contributed by atoms with Gasteiger partial charge in [0.15, 0.2) is 11.4 Å². The number of carbonyl (C=O) groups is 3.